The van der Waals surface area contributed by atoms with Gasteiger partial charge in [0, 0.05) is 45.0 Å². The predicted octanol–water partition coefficient (Wildman–Crippen LogP) is 3.20. The smallest absolute Gasteiger partial charge is 0.272 e. The lowest BCUT2D eigenvalue weighted by atomic mass is 10.2. The Morgan fingerprint density at radius 1 is 1.00 bits per heavy atom. The van der Waals surface area contributed by atoms with E-state index in [0.717, 1.165) is 31.9 Å². The summed E-state index contributed by atoms with van der Waals surface area (Å²) in [5.41, 5.74) is 4.20. The highest BCUT2D eigenvalue weighted by atomic mass is 16.2. The molecule has 1 aromatic heterocycles. The van der Waals surface area contributed by atoms with Crippen molar-refractivity contribution >= 4 is 17.3 Å². The average molecular weight is 352 g/mol. The van der Waals surface area contributed by atoms with E-state index in [9.17, 15) is 4.79 Å². The summed E-state index contributed by atoms with van der Waals surface area (Å²) in [4.78, 5) is 23.3. The monoisotopic (exact) mass is 352 g/mol. The Bertz CT molecular complexity index is 732. The molecule has 1 aromatic carbocycles. The second kappa shape index (κ2) is 8.21. The van der Waals surface area contributed by atoms with Crippen LogP contribution in [0.4, 0.5) is 11.4 Å². The zero-order valence-electron chi connectivity index (χ0n) is 16.0. The number of hydrogen-bond donors (Lipinski definition) is 0. The van der Waals surface area contributed by atoms with Crippen molar-refractivity contribution in [2.75, 3.05) is 49.1 Å². The normalized spacial score (nSPS) is 14.4. The minimum Gasteiger partial charge on any atom is -0.368 e. The van der Waals surface area contributed by atoms with E-state index >= 15 is 0 Å². The number of rotatable bonds is 5. The molecule has 0 atom stereocenters. The Morgan fingerprint density at radius 2 is 1.65 bits per heavy atom. The van der Waals surface area contributed by atoms with E-state index in [1.54, 1.807) is 4.90 Å². The van der Waals surface area contributed by atoms with Crippen molar-refractivity contribution in [3.63, 3.8) is 0 Å². The van der Waals surface area contributed by atoms with E-state index in [4.69, 9.17) is 0 Å². The molecule has 0 aliphatic carbocycles. The van der Waals surface area contributed by atoms with Crippen molar-refractivity contribution in [2.24, 2.45) is 0 Å². The van der Waals surface area contributed by atoms with E-state index in [2.05, 4.69) is 46.0 Å². The van der Waals surface area contributed by atoms with Gasteiger partial charge >= 0.3 is 0 Å². The quantitative estimate of drug-likeness (QED) is 0.828. The maximum atomic E-state index is 12.4. The molecule has 0 spiro atoms. The topological polar surface area (TPSA) is 39.7 Å². The molecule has 2 aromatic rings. The average Bonchev–Trinajstić information content (AvgIpc) is 2.69. The summed E-state index contributed by atoms with van der Waals surface area (Å²) in [6.45, 7) is 11.4. The molecule has 0 radical (unpaired) electrons. The highest BCUT2D eigenvalue weighted by Gasteiger charge is 2.19. The molecule has 0 bridgehead atoms. The highest BCUT2D eigenvalue weighted by Crippen LogP contribution is 2.21. The third kappa shape index (κ3) is 3.98. The SMILES string of the molecule is CCN(CC)C(=O)c1ccc(N2CCN(c3cccc(C)c3)CC2)cn1. The van der Waals surface area contributed by atoms with E-state index in [0.29, 0.717) is 18.8 Å². The van der Waals surface area contributed by atoms with E-state index in [1.807, 2.05) is 32.2 Å². The van der Waals surface area contributed by atoms with Gasteiger partial charge in [0.1, 0.15) is 5.69 Å². The number of benzene rings is 1. The minimum atomic E-state index is 0.00539. The second-order valence-electron chi connectivity index (χ2n) is 6.69. The number of carbonyl (C=O) groups is 1. The molecule has 1 aliphatic rings. The van der Waals surface area contributed by atoms with Crippen molar-refractivity contribution in [3.8, 4) is 0 Å². The van der Waals surface area contributed by atoms with Gasteiger partial charge in [-0.25, -0.2) is 4.98 Å². The van der Waals surface area contributed by atoms with Gasteiger partial charge in [0.2, 0.25) is 0 Å². The number of aryl methyl sites for hydroxylation is 1. The van der Waals surface area contributed by atoms with Crippen LogP contribution in [0.25, 0.3) is 0 Å². The van der Waals surface area contributed by atoms with Crippen LogP contribution in [0, 0.1) is 6.92 Å². The zero-order chi connectivity index (χ0) is 18.5. The van der Waals surface area contributed by atoms with Crippen LogP contribution in [-0.2, 0) is 0 Å². The Kier molecular flexibility index (Phi) is 5.76. The molecule has 5 heteroatoms. The molecule has 0 unspecified atom stereocenters. The molecule has 1 amide bonds. The Labute approximate surface area is 156 Å². The van der Waals surface area contributed by atoms with Gasteiger partial charge in [-0.05, 0) is 50.6 Å². The lowest BCUT2D eigenvalue weighted by Crippen LogP contribution is -2.46. The van der Waals surface area contributed by atoms with Crippen LogP contribution >= 0.6 is 0 Å². The summed E-state index contributed by atoms with van der Waals surface area (Å²) in [6.07, 6.45) is 1.83. The van der Waals surface area contributed by atoms with Crippen LogP contribution in [0.3, 0.4) is 0 Å². The number of carbonyl (C=O) groups excluding carboxylic acids is 1. The third-order valence-electron chi connectivity index (χ3n) is 5.03. The molecular weight excluding hydrogens is 324 g/mol. The first kappa shape index (κ1) is 18.2. The summed E-state index contributed by atoms with van der Waals surface area (Å²) in [7, 11) is 0. The van der Waals surface area contributed by atoms with Crippen LogP contribution in [-0.4, -0.2) is 55.1 Å². The standard InChI is InChI=1S/C21H28N4O/c1-4-23(5-2)21(26)20-10-9-19(16-22-20)25-13-11-24(12-14-25)18-8-6-7-17(3)15-18/h6-10,15-16H,4-5,11-14H2,1-3H3. The van der Waals surface area contributed by atoms with E-state index < -0.39 is 0 Å². The number of aromatic nitrogens is 1. The number of piperazine rings is 1. The van der Waals surface area contributed by atoms with Crippen molar-refractivity contribution in [3.05, 3.63) is 53.9 Å². The Morgan fingerprint density at radius 3 is 2.19 bits per heavy atom. The van der Waals surface area contributed by atoms with Crippen LogP contribution in [0.2, 0.25) is 0 Å². The number of pyridine rings is 1. The fraction of sp³-hybridized carbons (Fsp3) is 0.429. The maximum Gasteiger partial charge on any atom is 0.272 e. The lowest BCUT2D eigenvalue weighted by molar-refractivity contribution is 0.0767. The maximum absolute atomic E-state index is 12.4. The van der Waals surface area contributed by atoms with E-state index in [-0.39, 0.29) is 5.91 Å². The Balaban J connectivity index is 1.62. The summed E-state index contributed by atoms with van der Waals surface area (Å²) >= 11 is 0. The van der Waals surface area contributed by atoms with Gasteiger partial charge in [-0.15, -0.1) is 0 Å². The third-order valence-corrected chi connectivity index (χ3v) is 5.03. The molecule has 5 nitrogen and oxygen atoms in total. The Hall–Kier alpha value is -2.56. The first-order valence-electron chi connectivity index (χ1n) is 9.44. The van der Waals surface area contributed by atoms with Crippen molar-refractivity contribution in [1.29, 1.82) is 0 Å². The molecule has 3 rings (SSSR count). The van der Waals surface area contributed by atoms with Gasteiger partial charge in [-0.2, -0.15) is 0 Å². The van der Waals surface area contributed by atoms with Crippen molar-refractivity contribution in [1.82, 2.24) is 9.88 Å². The van der Waals surface area contributed by atoms with Gasteiger partial charge in [0.25, 0.3) is 5.91 Å². The van der Waals surface area contributed by atoms with Gasteiger partial charge in [0.15, 0.2) is 0 Å². The molecule has 26 heavy (non-hydrogen) atoms. The number of nitrogens with zero attached hydrogens (tertiary/aromatic N) is 4. The first-order valence-corrected chi connectivity index (χ1v) is 9.44. The molecule has 2 heterocycles. The van der Waals surface area contributed by atoms with E-state index in [1.165, 1.54) is 11.3 Å². The molecule has 1 aliphatic heterocycles. The van der Waals surface area contributed by atoms with Crippen molar-refractivity contribution in [2.45, 2.75) is 20.8 Å². The summed E-state index contributed by atoms with van der Waals surface area (Å²) in [6, 6.07) is 12.5. The van der Waals surface area contributed by atoms with Gasteiger partial charge in [-0.3, -0.25) is 4.79 Å². The molecule has 1 saturated heterocycles. The molecular formula is C21H28N4O. The van der Waals surface area contributed by atoms with Crippen LogP contribution < -0.4 is 9.80 Å². The largest absolute Gasteiger partial charge is 0.368 e. The molecule has 0 saturated carbocycles. The second-order valence-corrected chi connectivity index (χ2v) is 6.69. The van der Waals surface area contributed by atoms with Crippen LogP contribution in [0.1, 0.15) is 29.9 Å². The van der Waals surface area contributed by atoms with Crippen LogP contribution in [0.5, 0.6) is 0 Å². The highest BCUT2D eigenvalue weighted by molar-refractivity contribution is 5.92. The van der Waals surface area contributed by atoms with Crippen molar-refractivity contribution < 1.29 is 4.79 Å². The van der Waals surface area contributed by atoms with Gasteiger partial charge in [0.05, 0.1) is 11.9 Å². The summed E-state index contributed by atoms with van der Waals surface area (Å²) in [5.74, 6) is 0.00539. The fourth-order valence-electron chi connectivity index (χ4n) is 3.42. The molecule has 138 valence electrons. The minimum absolute atomic E-state index is 0.00539. The number of anilines is 2. The molecule has 1 fully saturated rings. The first-order chi connectivity index (χ1) is 12.6. The molecule has 0 N–H and O–H groups in total. The van der Waals surface area contributed by atoms with Gasteiger partial charge in [-0.1, -0.05) is 12.1 Å². The van der Waals surface area contributed by atoms with Gasteiger partial charge < -0.3 is 14.7 Å². The lowest BCUT2D eigenvalue weighted by Gasteiger charge is -2.37. The van der Waals surface area contributed by atoms with Crippen LogP contribution in [0.15, 0.2) is 42.6 Å². The predicted molar refractivity (Wildman–Crippen MR) is 107 cm³/mol. The number of amides is 1. The summed E-state index contributed by atoms with van der Waals surface area (Å²) < 4.78 is 0. The fourth-order valence-corrected chi connectivity index (χ4v) is 3.42. The summed E-state index contributed by atoms with van der Waals surface area (Å²) in [5, 5.41) is 0. The number of hydrogen-bond acceptors (Lipinski definition) is 4. The zero-order valence-corrected chi connectivity index (χ0v) is 16.0.